The van der Waals surface area contributed by atoms with Gasteiger partial charge in [0.1, 0.15) is 57.2 Å². The van der Waals surface area contributed by atoms with Gasteiger partial charge >= 0.3 is 0 Å². The predicted octanol–water partition coefficient (Wildman–Crippen LogP) is 6.87. The van der Waals surface area contributed by atoms with Crippen LogP contribution in [0.3, 0.4) is 0 Å². The molecular formula is C26H22CoN6O10. The second kappa shape index (κ2) is 14.2. The Balaban J connectivity index is 0.000000293. The molecule has 0 saturated carbocycles. The van der Waals surface area contributed by atoms with Gasteiger partial charge in [0.05, 0.1) is 22.0 Å². The van der Waals surface area contributed by atoms with Crippen LogP contribution in [0.1, 0.15) is 11.1 Å². The van der Waals surface area contributed by atoms with Crippen molar-refractivity contribution in [3.8, 4) is 34.5 Å². The first kappa shape index (κ1) is 33.4. The molecule has 0 heterocycles. The average Bonchev–Trinajstić information content (AvgIpc) is 2.95. The molecule has 0 bridgehead atoms. The van der Waals surface area contributed by atoms with Crippen LogP contribution in [0.25, 0.3) is 0 Å². The Morgan fingerprint density at radius 2 is 0.814 bits per heavy atom. The van der Waals surface area contributed by atoms with Gasteiger partial charge in [-0.2, -0.15) is 0 Å². The van der Waals surface area contributed by atoms with E-state index in [1.54, 1.807) is 0 Å². The summed E-state index contributed by atoms with van der Waals surface area (Å²) >= 11 is 0. The van der Waals surface area contributed by atoms with Gasteiger partial charge in [0.25, 0.3) is 11.4 Å². The topological polar surface area (TPSA) is 257 Å². The summed E-state index contributed by atoms with van der Waals surface area (Å²) < 4.78 is 0. The van der Waals surface area contributed by atoms with Crippen molar-refractivity contribution in [3.63, 3.8) is 0 Å². The number of aromatic hydroxyl groups is 6. The van der Waals surface area contributed by atoms with Crippen molar-refractivity contribution in [2.24, 2.45) is 20.5 Å². The Morgan fingerprint density at radius 1 is 0.512 bits per heavy atom. The molecule has 0 saturated heterocycles. The molecule has 4 aromatic carbocycles. The molecule has 0 aliphatic heterocycles. The molecular weight excluding hydrogens is 615 g/mol. The van der Waals surface area contributed by atoms with E-state index in [-0.39, 0.29) is 85.0 Å². The second-order valence-corrected chi connectivity index (χ2v) is 8.42. The van der Waals surface area contributed by atoms with Gasteiger partial charge in [-0.3, -0.25) is 20.2 Å². The van der Waals surface area contributed by atoms with Crippen molar-refractivity contribution in [2.45, 2.75) is 13.8 Å². The van der Waals surface area contributed by atoms with Crippen LogP contribution in [0.5, 0.6) is 34.5 Å². The maximum Gasteiger partial charge on any atom is 0.273 e. The second-order valence-electron chi connectivity index (χ2n) is 8.42. The molecule has 17 heteroatoms. The van der Waals surface area contributed by atoms with E-state index < -0.39 is 21.3 Å². The van der Waals surface area contributed by atoms with Crippen LogP contribution >= 0.6 is 0 Å². The third-order valence-corrected chi connectivity index (χ3v) is 5.63. The summed E-state index contributed by atoms with van der Waals surface area (Å²) in [5, 5.41) is 93.6. The molecule has 225 valence electrons. The maximum atomic E-state index is 10.5. The van der Waals surface area contributed by atoms with E-state index in [0.29, 0.717) is 0 Å². The zero-order valence-electron chi connectivity index (χ0n) is 22.1. The molecule has 4 rings (SSSR count). The number of rotatable bonds is 6. The first-order chi connectivity index (χ1) is 19.8. The average molecular weight is 637 g/mol. The summed E-state index contributed by atoms with van der Waals surface area (Å²) in [4.78, 5) is 19.8. The fourth-order valence-electron chi connectivity index (χ4n) is 3.15. The Bertz CT molecular complexity index is 1620. The third kappa shape index (κ3) is 8.12. The largest absolute Gasteiger partial charge is 0.508 e. The van der Waals surface area contributed by atoms with Gasteiger partial charge in [-0.05, 0) is 50.2 Å². The molecule has 0 spiro atoms. The first-order valence-corrected chi connectivity index (χ1v) is 11.6. The maximum absolute atomic E-state index is 10.5. The minimum atomic E-state index is -0.643. The molecule has 0 amide bonds. The van der Waals surface area contributed by atoms with E-state index in [2.05, 4.69) is 20.5 Å². The fourth-order valence-corrected chi connectivity index (χ4v) is 3.15. The normalized spacial score (nSPS) is 10.7. The number of hydrogen-bond acceptors (Lipinski definition) is 14. The zero-order chi connectivity index (χ0) is 31.1. The molecule has 0 fully saturated rings. The Hall–Kier alpha value is -5.81. The van der Waals surface area contributed by atoms with Crippen molar-refractivity contribution >= 4 is 34.1 Å². The Labute approximate surface area is 252 Å². The first-order valence-electron chi connectivity index (χ1n) is 11.6. The Morgan fingerprint density at radius 3 is 1.12 bits per heavy atom. The van der Waals surface area contributed by atoms with Crippen molar-refractivity contribution in [1.82, 2.24) is 0 Å². The van der Waals surface area contributed by atoms with E-state index in [9.17, 15) is 50.9 Å². The van der Waals surface area contributed by atoms with E-state index in [0.717, 1.165) is 12.1 Å². The number of hydrogen-bond donors (Lipinski definition) is 6. The molecule has 43 heavy (non-hydrogen) atoms. The number of phenolic OH excluding ortho intramolecular Hbond substituents is 6. The van der Waals surface area contributed by atoms with Crippen molar-refractivity contribution in [3.05, 3.63) is 92.0 Å². The summed E-state index contributed by atoms with van der Waals surface area (Å²) in [6, 6.07) is 12.1. The van der Waals surface area contributed by atoms with Gasteiger partial charge in [-0.1, -0.05) is 0 Å². The Kier molecular flexibility index (Phi) is 11.0. The minimum Gasteiger partial charge on any atom is -0.508 e. The van der Waals surface area contributed by atoms with Crippen LogP contribution in [0.2, 0.25) is 0 Å². The van der Waals surface area contributed by atoms with Gasteiger partial charge in [0, 0.05) is 40.0 Å². The summed E-state index contributed by atoms with van der Waals surface area (Å²) in [6.45, 7) is 3.01. The number of phenols is 6. The van der Waals surface area contributed by atoms with Crippen LogP contribution < -0.4 is 0 Å². The number of nitrogens with zero attached hydrogens (tertiary/aromatic N) is 6. The van der Waals surface area contributed by atoms with E-state index in [4.69, 9.17) is 0 Å². The van der Waals surface area contributed by atoms with Crippen LogP contribution in [0.15, 0.2) is 81.1 Å². The molecule has 16 nitrogen and oxygen atoms in total. The number of benzene rings is 4. The molecule has 0 atom stereocenters. The zero-order valence-corrected chi connectivity index (χ0v) is 23.1. The van der Waals surface area contributed by atoms with E-state index in [1.807, 2.05) is 0 Å². The minimum absolute atomic E-state index is 0. The van der Waals surface area contributed by atoms with Gasteiger partial charge in [-0.25, -0.2) is 0 Å². The summed E-state index contributed by atoms with van der Waals surface area (Å²) in [5.74, 6) is -1.43. The van der Waals surface area contributed by atoms with Crippen LogP contribution in [0.4, 0.5) is 34.1 Å². The third-order valence-electron chi connectivity index (χ3n) is 5.63. The number of non-ortho nitro benzene ring substituents is 2. The number of nitro groups is 2. The fraction of sp³-hybridized carbons (Fsp3) is 0.0769. The summed E-state index contributed by atoms with van der Waals surface area (Å²) in [6.07, 6.45) is 0. The van der Waals surface area contributed by atoms with Crippen LogP contribution in [-0.4, -0.2) is 40.5 Å². The van der Waals surface area contributed by atoms with Crippen LogP contribution in [-0.2, 0) is 16.8 Å². The van der Waals surface area contributed by atoms with Gasteiger partial charge < -0.3 is 30.6 Å². The van der Waals surface area contributed by atoms with Gasteiger partial charge in [0.15, 0.2) is 0 Å². The smallest absolute Gasteiger partial charge is 0.273 e. The van der Waals surface area contributed by atoms with Crippen LogP contribution in [0, 0.1) is 34.1 Å². The van der Waals surface area contributed by atoms with Crippen molar-refractivity contribution in [2.75, 3.05) is 0 Å². The van der Waals surface area contributed by atoms with Crippen molar-refractivity contribution < 1.29 is 57.3 Å². The molecule has 6 N–H and O–H groups in total. The monoisotopic (exact) mass is 637 g/mol. The SMILES string of the molecule is Cc1c(O)ccc(N=Nc2ccc([N+](=O)[O-])cc2O)c1O.Cc1c(O)ccc(N=Nc2ccc([N+](=O)[O-])cc2O)c1O.[Co]. The van der Waals surface area contributed by atoms with E-state index in [1.165, 1.54) is 62.4 Å². The number of nitro benzene ring substituents is 2. The molecule has 0 aromatic heterocycles. The molecule has 0 aliphatic carbocycles. The molecule has 1 radical (unpaired) electrons. The van der Waals surface area contributed by atoms with Gasteiger partial charge in [0.2, 0.25) is 0 Å². The molecule has 4 aromatic rings. The van der Waals surface area contributed by atoms with Crippen molar-refractivity contribution in [1.29, 1.82) is 0 Å². The quantitative estimate of drug-likeness (QED) is 0.0726. The summed E-state index contributed by atoms with van der Waals surface area (Å²) in [7, 11) is 0. The number of azo groups is 2. The molecule has 0 unspecified atom stereocenters. The molecule has 0 aliphatic rings. The van der Waals surface area contributed by atoms with Gasteiger partial charge in [-0.15, -0.1) is 20.5 Å². The van der Waals surface area contributed by atoms with E-state index >= 15 is 0 Å². The summed E-state index contributed by atoms with van der Waals surface area (Å²) in [5.41, 5.74) is 0.200. The predicted molar refractivity (Wildman–Crippen MR) is 147 cm³/mol. The standard InChI is InChI=1S/2C13H11N3O5.Co/c2*1-7-11(17)5-4-10(13(7)19)15-14-9-3-2-8(16(20)21)6-12(9)18;/h2*2-6,17-19H,1H3;.